The van der Waals surface area contributed by atoms with Gasteiger partial charge < -0.3 is 15.0 Å². The number of rotatable bonds is 4. The minimum absolute atomic E-state index is 0.220. The van der Waals surface area contributed by atoms with Gasteiger partial charge in [-0.3, -0.25) is 0 Å². The van der Waals surface area contributed by atoms with Gasteiger partial charge in [-0.2, -0.15) is 0 Å². The predicted octanol–water partition coefficient (Wildman–Crippen LogP) is 3.92. The van der Waals surface area contributed by atoms with Gasteiger partial charge in [-0.15, -0.1) is 13.2 Å². The number of benzene rings is 1. The van der Waals surface area contributed by atoms with Crippen molar-refractivity contribution in [1.82, 2.24) is 5.32 Å². The van der Waals surface area contributed by atoms with Crippen molar-refractivity contribution in [3.8, 4) is 5.75 Å². The van der Waals surface area contributed by atoms with Gasteiger partial charge in [-0.25, -0.2) is 0 Å². The molecule has 0 aromatic heterocycles. The fourth-order valence-electron chi connectivity index (χ4n) is 2.50. The fraction of sp³-hybridized carbons (Fsp3) is 0.571. The normalized spacial score (nSPS) is 19.4. The molecule has 1 atom stereocenters. The Morgan fingerprint density at radius 3 is 2.67 bits per heavy atom. The number of nitrogens with zero attached hydrogens (tertiary/aromatic N) is 1. The Kier molecular flexibility index (Phi) is 5.03. The van der Waals surface area contributed by atoms with Gasteiger partial charge in [-0.05, 0) is 40.5 Å². The Bertz CT molecular complexity index is 494. The van der Waals surface area contributed by atoms with E-state index >= 15 is 0 Å². The summed E-state index contributed by atoms with van der Waals surface area (Å²) in [5.74, 6) is -0.220. The van der Waals surface area contributed by atoms with Crippen LogP contribution in [0.1, 0.15) is 20.3 Å². The third-order valence-corrected chi connectivity index (χ3v) is 3.88. The van der Waals surface area contributed by atoms with Crippen molar-refractivity contribution in [2.75, 3.05) is 18.0 Å². The second-order valence-corrected chi connectivity index (χ2v) is 6.27. The van der Waals surface area contributed by atoms with E-state index in [-0.39, 0.29) is 5.75 Å². The Morgan fingerprint density at radius 2 is 2.10 bits per heavy atom. The lowest BCUT2D eigenvalue weighted by Gasteiger charge is -2.21. The zero-order chi connectivity index (χ0) is 15.6. The predicted molar refractivity (Wildman–Crippen MR) is 79.7 cm³/mol. The first kappa shape index (κ1) is 16.4. The molecule has 1 aliphatic rings. The molecule has 0 amide bonds. The van der Waals surface area contributed by atoms with Gasteiger partial charge >= 0.3 is 6.36 Å². The highest BCUT2D eigenvalue weighted by Crippen LogP contribution is 2.34. The summed E-state index contributed by atoms with van der Waals surface area (Å²) < 4.78 is 41.0. The van der Waals surface area contributed by atoms with Crippen LogP contribution < -0.4 is 15.0 Å². The van der Waals surface area contributed by atoms with Gasteiger partial charge in [0.15, 0.2) is 0 Å². The Morgan fingerprint density at radius 1 is 1.38 bits per heavy atom. The van der Waals surface area contributed by atoms with Crippen LogP contribution in [0.25, 0.3) is 0 Å². The molecule has 1 aromatic carbocycles. The SMILES string of the molecule is CC(C)NC1CCN(c2ccc(OC(F)(F)F)c(Br)c2)C1. The molecule has 0 spiro atoms. The quantitative estimate of drug-likeness (QED) is 0.873. The third kappa shape index (κ3) is 4.78. The molecule has 1 aliphatic heterocycles. The average Bonchev–Trinajstić information content (AvgIpc) is 2.77. The van der Waals surface area contributed by atoms with Crippen molar-refractivity contribution >= 4 is 21.6 Å². The van der Waals surface area contributed by atoms with Crippen LogP contribution in [0.3, 0.4) is 0 Å². The smallest absolute Gasteiger partial charge is 0.405 e. The first-order valence-corrected chi connectivity index (χ1v) is 7.60. The maximum Gasteiger partial charge on any atom is 0.573 e. The van der Waals surface area contributed by atoms with E-state index in [0.717, 1.165) is 25.2 Å². The summed E-state index contributed by atoms with van der Waals surface area (Å²) in [6, 6.07) is 5.50. The van der Waals surface area contributed by atoms with E-state index in [4.69, 9.17) is 0 Å². The van der Waals surface area contributed by atoms with Gasteiger partial charge in [0, 0.05) is 30.9 Å². The number of halogens is 4. The molecule has 118 valence electrons. The molecule has 1 fully saturated rings. The molecule has 1 unspecified atom stereocenters. The maximum absolute atomic E-state index is 12.2. The lowest BCUT2D eigenvalue weighted by atomic mass is 10.2. The number of hydrogen-bond acceptors (Lipinski definition) is 3. The van der Waals surface area contributed by atoms with Crippen molar-refractivity contribution < 1.29 is 17.9 Å². The van der Waals surface area contributed by atoms with E-state index in [1.54, 1.807) is 12.1 Å². The highest BCUT2D eigenvalue weighted by Gasteiger charge is 2.32. The first-order valence-electron chi connectivity index (χ1n) is 6.81. The Hall–Kier alpha value is -0.950. The van der Waals surface area contributed by atoms with Crippen LogP contribution >= 0.6 is 15.9 Å². The summed E-state index contributed by atoms with van der Waals surface area (Å²) >= 11 is 3.14. The number of nitrogens with one attached hydrogen (secondary N) is 1. The van der Waals surface area contributed by atoms with Gasteiger partial charge in [0.25, 0.3) is 0 Å². The van der Waals surface area contributed by atoms with E-state index < -0.39 is 6.36 Å². The van der Waals surface area contributed by atoms with E-state index in [9.17, 15) is 13.2 Å². The average molecular weight is 367 g/mol. The summed E-state index contributed by atoms with van der Waals surface area (Å²) in [4.78, 5) is 2.15. The minimum atomic E-state index is -4.68. The van der Waals surface area contributed by atoms with Crippen LogP contribution in [0.2, 0.25) is 0 Å². The van der Waals surface area contributed by atoms with E-state index in [1.165, 1.54) is 6.07 Å². The largest absolute Gasteiger partial charge is 0.573 e. The van der Waals surface area contributed by atoms with Crippen LogP contribution in [0.15, 0.2) is 22.7 Å². The van der Waals surface area contributed by atoms with Gasteiger partial charge in [-0.1, -0.05) is 13.8 Å². The second-order valence-electron chi connectivity index (χ2n) is 5.42. The molecule has 0 radical (unpaired) electrons. The standard InChI is InChI=1S/C14H18BrF3N2O/c1-9(2)19-10-5-6-20(8-10)11-3-4-13(12(15)7-11)21-14(16,17)18/h3-4,7,9-10,19H,5-6,8H2,1-2H3. The van der Waals surface area contributed by atoms with E-state index in [0.29, 0.717) is 16.6 Å². The molecular formula is C14H18BrF3N2O. The minimum Gasteiger partial charge on any atom is -0.405 e. The zero-order valence-electron chi connectivity index (χ0n) is 11.9. The van der Waals surface area contributed by atoms with Crippen LogP contribution in [0.5, 0.6) is 5.75 Å². The number of anilines is 1. The Balaban J connectivity index is 2.04. The van der Waals surface area contributed by atoms with Crippen molar-refractivity contribution in [2.24, 2.45) is 0 Å². The fourth-order valence-corrected chi connectivity index (χ4v) is 2.94. The summed E-state index contributed by atoms with van der Waals surface area (Å²) in [5.41, 5.74) is 0.893. The summed E-state index contributed by atoms with van der Waals surface area (Å²) in [6.45, 7) is 5.94. The van der Waals surface area contributed by atoms with Crippen LogP contribution in [0, 0.1) is 0 Å². The summed E-state index contributed by atoms with van der Waals surface area (Å²) in [6.07, 6.45) is -3.65. The highest BCUT2D eigenvalue weighted by molar-refractivity contribution is 9.10. The monoisotopic (exact) mass is 366 g/mol. The van der Waals surface area contributed by atoms with E-state index in [1.807, 2.05) is 0 Å². The lowest BCUT2D eigenvalue weighted by molar-refractivity contribution is -0.274. The summed E-state index contributed by atoms with van der Waals surface area (Å²) in [7, 11) is 0. The maximum atomic E-state index is 12.2. The summed E-state index contributed by atoms with van der Waals surface area (Å²) in [5, 5.41) is 3.47. The molecule has 1 N–H and O–H groups in total. The second kappa shape index (κ2) is 6.44. The Labute approximate surface area is 130 Å². The molecule has 21 heavy (non-hydrogen) atoms. The lowest BCUT2D eigenvalue weighted by Crippen LogP contribution is -2.37. The molecule has 0 aliphatic carbocycles. The third-order valence-electron chi connectivity index (χ3n) is 3.26. The van der Waals surface area contributed by atoms with Gasteiger partial charge in [0.2, 0.25) is 0 Å². The molecular weight excluding hydrogens is 349 g/mol. The van der Waals surface area contributed by atoms with E-state index in [2.05, 4.69) is 44.7 Å². The molecule has 1 aromatic rings. The van der Waals surface area contributed by atoms with Crippen LogP contribution in [0.4, 0.5) is 18.9 Å². The molecule has 0 bridgehead atoms. The highest BCUT2D eigenvalue weighted by atomic mass is 79.9. The van der Waals surface area contributed by atoms with Gasteiger partial charge in [0.1, 0.15) is 5.75 Å². The molecule has 2 rings (SSSR count). The zero-order valence-corrected chi connectivity index (χ0v) is 13.5. The molecule has 7 heteroatoms. The molecule has 3 nitrogen and oxygen atoms in total. The topological polar surface area (TPSA) is 24.5 Å². The van der Waals surface area contributed by atoms with Crippen molar-refractivity contribution in [1.29, 1.82) is 0 Å². The molecule has 0 saturated carbocycles. The number of ether oxygens (including phenoxy) is 1. The van der Waals surface area contributed by atoms with Crippen LogP contribution in [-0.2, 0) is 0 Å². The molecule has 1 saturated heterocycles. The van der Waals surface area contributed by atoms with Gasteiger partial charge in [0.05, 0.1) is 4.47 Å². The number of alkyl halides is 3. The number of hydrogen-bond donors (Lipinski definition) is 1. The first-order chi connectivity index (χ1) is 9.74. The molecule has 1 heterocycles. The van der Waals surface area contributed by atoms with Crippen LogP contribution in [-0.4, -0.2) is 31.5 Å². The van der Waals surface area contributed by atoms with Crippen molar-refractivity contribution in [3.63, 3.8) is 0 Å². The van der Waals surface area contributed by atoms with Crippen molar-refractivity contribution in [2.45, 2.75) is 38.7 Å². The van der Waals surface area contributed by atoms with Crippen molar-refractivity contribution in [3.05, 3.63) is 22.7 Å².